The van der Waals surface area contributed by atoms with Crippen molar-refractivity contribution in [3.8, 4) is 0 Å². The molecule has 3 aromatic heterocycles. The van der Waals surface area contributed by atoms with Gasteiger partial charge in [0.1, 0.15) is 17.2 Å². The molecule has 0 atom stereocenters. The fraction of sp³-hybridized carbons (Fsp3) is 0.400. The van der Waals surface area contributed by atoms with Crippen LogP contribution in [-0.4, -0.2) is 19.5 Å². The van der Waals surface area contributed by atoms with Crippen molar-refractivity contribution < 1.29 is 0 Å². The lowest BCUT2D eigenvalue weighted by Crippen LogP contribution is -2.09. The van der Waals surface area contributed by atoms with E-state index in [4.69, 9.17) is 4.98 Å². The summed E-state index contributed by atoms with van der Waals surface area (Å²) in [5, 5.41) is 2.11. The second-order valence-corrected chi connectivity index (χ2v) is 6.45. The maximum atomic E-state index is 4.73. The highest BCUT2D eigenvalue weighted by Gasteiger charge is 2.14. The van der Waals surface area contributed by atoms with Crippen molar-refractivity contribution in [1.82, 2.24) is 19.5 Å². The highest BCUT2D eigenvalue weighted by atomic mass is 32.1. The normalized spacial score (nSPS) is 11.6. The van der Waals surface area contributed by atoms with Crippen molar-refractivity contribution in [3.63, 3.8) is 0 Å². The van der Waals surface area contributed by atoms with Gasteiger partial charge in [-0.1, -0.05) is 19.9 Å². The fourth-order valence-electron chi connectivity index (χ4n) is 2.31. The molecule has 3 rings (SSSR count). The van der Waals surface area contributed by atoms with E-state index in [0.717, 1.165) is 35.8 Å². The maximum Gasteiger partial charge on any atom is 0.163 e. The molecule has 5 heteroatoms. The van der Waals surface area contributed by atoms with Crippen LogP contribution in [-0.2, 0) is 13.0 Å². The minimum Gasteiger partial charge on any atom is -0.312 e. The minimum absolute atomic E-state index is 0.560. The van der Waals surface area contributed by atoms with E-state index in [2.05, 4.69) is 45.9 Å². The largest absolute Gasteiger partial charge is 0.312 e. The van der Waals surface area contributed by atoms with Crippen LogP contribution >= 0.6 is 11.3 Å². The molecule has 3 heterocycles. The molecular weight excluding hydrogens is 268 g/mol. The quantitative estimate of drug-likeness (QED) is 0.738. The summed E-state index contributed by atoms with van der Waals surface area (Å²) in [6, 6.07) is 4.24. The van der Waals surface area contributed by atoms with E-state index in [1.807, 2.05) is 13.1 Å². The van der Waals surface area contributed by atoms with E-state index in [1.54, 1.807) is 11.3 Å². The molecule has 0 saturated heterocycles. The van der Waals surface area contributed by atoms with E-state index in [0.29, 0.717) is 5.92 Å². The fourth-order valence-corrected chi connectivity index (χ4v) is 3.01. The standard InChI is InChI=1S/C15H18N4S/c1-10(2)9-19-14(7-12-5-4-6-20-12)18-13-8-16-11(3)17-15(13)19/h4-6,8,10H,7,9H2,1-3H3. The Morgan fingerprint density at radius 1 is 1.30 bits per heavy atom. The summed E-state index contributed by atoms with van der Waals surface area (Å²) in [5.74, 6) is 2.44. The number of aryl methyl sites for hydroxylation is 1. The number of rotatable bonds is 4. The zero-order valence-electron chi connectivity index (χ0n) is 12.0. The third kappa shape index (κ3) is 2.58. The molecule has 0 aliphatic rings. The number of hydrogen-bond donors (Lipinski definition) is 0. The second kappa shape index (κ2) is 5.32. The number of thiophene rings is 1. The van der Waals surface area contributed by atoms with Gasteiger partial charge in [0.05, 0.1) is 6.20 Å². The average molecular weight is 286 g/mol. The van der Waals surface area contributed by atoms with Gasteiger partial charge in [0, 0.05) is 17.8 Å². The van der Waals surface area contributed by atoms with Crippen molar-refractivity contribution in [1.29, 1.82) is 0 Å². The van der Waals surface area contributed by atoms with E-state index in [9.17, 15) is 0 Å². The summed E-state index contributed by atoms with van der Waals surface area (Å²) in [6.07, 6.45) is 2.69. The predicted octanol–water partition coefficient (Wildman–Crippen LogP) is 3.44. The molecule has 0 saturated carbocycles. The number of imidazole rings is 1. The molecule has 0 aliphatic carbocycles. The first-order valence-electron chi connectivity index (χ1n) is 6.84. The Balaban J connectivity index is 2.09. The summed E-state index contributed by atoms with van der Waals surface area (Å²) < 4.78 is 2.24. The molecule has 3 aromatic rings. The Morgan fingerprint density at radius 3 is 2.85 bits per heavy atom. The Kier molecular flexibility index (Phi) is 3.53. The molecular formula is C15H18N4S. The summed E-state index contributed by atoms with van der Waals surface area (Å²) >= 11 is 1.77. The van der Waals surface area contributed by atoms with Crippen LogP contribution in [0.15, 0.2) is 23.7 Å². The second-order valence-electron chi connectivity index (χ2n) is 5.41. The Hall–Kier alpha value is -1.75. The molecule has 4 nitrogen and oxygen atoms in total. The first-order valence-corrected chi connectivity index (χ1v) is 7.72. The van der Waals surface area contributed by atoms with Crippen LogP contribution in [0.3, 0.4) is 0 Å². The van der Waals surface area contributed by atoms with Gasteiger partial charge in [-0.05, 0) is 24.3 Å². The van der Waals surface area contributed by atoms with Crippen LogP contribution in [0.1, 0.15) is 30.4 Å². The van der Waals surface area contributed by atoms with Gasteiger partial charge in [0.25, 0.3) is 0 Å². The molecule has 0 aromatic carbocycles. The lowest BCUT2D eigenvalue weighted by atomic mass is 10.2. The molecule has 0 fully saturated rings. The van der Waals surface area contributed by atoms with Crippen molar-refractivity contribution in [2.45, 2.75) is 33.7 Å². The van der Waals surface area contributed by atoms with Gasteiger partial charge in [-0.2, -0.15) is 0 Å². The molecule has 0 spiro atoms. The first kappa shape index (κ1) is 13.2. The monoisotopic (exact) mass is 286 g/mol. The number of fused-ring (bicyclic) bond motifs is 1. The lowest BCUT2D eigenvalue weighted by molar-refractivity contribution is 0.518. The Labute approximate surface area is 122 Å². The molecule has 0 bridgehead atoms. The molecule has 0 unspecified atom stereocenters. The zero-order valence-corrected chi connectivity index (χ0v) is 12.8. The van der Waals surface area contributed by atoms with Crippen molar-refractivity contribution >= 4 is 22.5 Å². The minimum atomic E-state index is 0.560. The maximum absolute atomic E-state index is 4.73. The topological polar surface area (TPSA) is 43.6 Å². The smallest absolute Gasteiger partial charge is 0.163 e. The van der Waals surface area contributed by atoms with Gasteiger partial charge in [-0.25, -0.2) is 15.0 Å². The van der Waals surface area contributed by atoms with Gasteiger partial charge in [0.2, 0.25) is 0 Å². The Morgan fingerprint density at radius 2 is 2.15 bits per heavy atom. The zero-order chi connectivity index (χ0) is 14.1. The van der Waals surface area contributed by atoms with Crippen LogP contribution in [0.2, 0.25) is 0 Å². The van der Waals surface area contributed by atoms with Gasteiger partial charge >= 0.3 is 0 Å². The lowest BCUT2D eigenvalue weighted by Gasteiger charge is -2.10. The van der Waals surface area contributed by atoms with Gasteiger partial charge in [-0.15, -0.1) is 11.3 Å². The Bertz CT molecular complexity index is 713. The van der Waals surface area contributed by atoms with Crippen LogP contribution in [0.4, 0.5) is 0 Å². The molecule has 104 valence electrons. The summed E-state index contributed by atoms with van der Waals surface area (Å²) in [4.78, 5) is 14.9. The summed E-state index contributed by atoms with van der Waals surface area (Å²) in [7, 11) is 0. The summed E-state index contributed by atoms with van der Waals surface area (Å²) in [6.45, 7) is 7.29. The molecule has 0 radical (unpaired) electrons. The van der Waals surface area contributed by atoms with E-state index in [1.165, 1.54) is 4.88 Å². The number of aromatic nitrogens is 4. The summed E-state index contributed by atoms with van der Waals surface area (Å²) in [5.41, 5.74) is 1.85. The van der Waals surface area contributed by atoms with Gasteiger partial charge in [0.15, 0.2) is 5.65 Å². The number of hydrogen-bond acceptors (Lipinski definition) is 4. The van der Waals surface area contributed by atoms with Crippen LogP contribution < -0.4 is 0 Å². The van der Waals surface area contributed by atoms with E-state index >= 15 is 0 Å². The number of nitrogens with zero attached hydrogens (tertiary/aromatic N) is 4. The SMILES string of the molecule is Cc1ncc2nc(Cc3cccs3)n(CC(C)C)c2n1. The molecule has 0 amide bonds. The third-order valence-corrected chi connectivity index (χ3v) is 4.02. The van der Waals surface area contributed by atoms with E-state index in [-0.39, 0.29) is 0 Å². The van der Waals surface area contributed by atoms with Gasteiger partial charge in [-0.3, -0.25) is 0 Å². The highest BCUT2D eigenvalue weighted by molar-refractivity contribution is 7.09. The predicted molar refractivity (Wildman–Crippen MR) is 82.0 cm³/mol. The highest BCUT2D eigenvalue weighted by Crippen LogP contribution is 2.20. The van der Waals surface area contributed by atoms with Crippen LogP contribution in [0.5, 0.6) is 0 Å². The van der Waals surface area contributed by atoms with Crippen LogP contribution in [0, 0.1) is 12.8 Å². The van der Waals surface area contributed by atoms with E-state index < -0.39 is 0 Å². The van der Waals surface area contributed by atoms with Crippen molar-refractivity contribution in [2.75, 3.05) is 0 Å². The average Bonchev–Trinajstić information content (AvgIpc) is 2.99. The van der Waals surface area contributed by atoms with Crippen LogP contribution in [0.25, 0.3) is 11.2 Å². The third-order valence-electron chi connectivity index (χ3n) is 3.15. The van der Waals surface area contributed by atoms with Gasteiger partial charge < -0.3 is 4.57 Å². The first-order chi connectivity index (χ1) is 9.63. The molecule has 20 heavy (non-hydrogen) atoms. The molecule has 0 N–H and O–H groups in total. The van der Waals surface area contributed by atoms with Crippen molar-refractivity contribution in [2.24, 2.45) is 5.92 Å². The molecule has 0 aliphatic heterocycles. The van der Waals surface area contributed by atoms with Crippen molar-refractivity contribution in [3.05, 3.63) is 40.2 Å².